The second-order valence-electron chi connectivity index (χ2n) is 6.07. The highest BCUT2D eigenvalue weighted by Gasteiger charge is 2.22. The van der Waals surface area contributed by atoms with Gasteiger partial charge in [-0.05, 0) is 49.3 Å². The predicted molar refractivity (Wildman–Crippen MR) is 87.1 cm³/mol. The van der Waals surface area contributed by atoms with E-state index in [9.17, 15) is 4.79 Å². The molecule has 2 aromatic rings. The summed E-state index contributed by atoms with van der Waals surface area (Å²) in [5.41, 5.74) is 0. The zero-order chi connectivity index (χ0) is 16.2. The molecule has 1 saturated carbocycles. The van der Waals surface area contributed by atoms with Gasteiger partial charge in [0.1, 0.15) is 12.9 Å². The lowest BCUT2D eigenvalue weighted by Crippen LogP contribution is -2.39. The van der Waals surface area contributed by atoms with Crippen molar-refractivity contribution in [2.24, 2.45) is 0 Å². The Morgan fingerprint density at radius 1 is 1.17 bits per heavy atom. The lowest BCUT2D eigenvalue weighted by Gasteiger charge is -2.29. The van der Waals surface area contributed by atoms with Crippen molar-refractivity contribution in [1.82, 2.24) is 5.32 Å². The van der Waals surface area contributed by atoms with Gasteiger partial charge in [-0.15, -0.1) is 0 Å². The van der Waals surface area contributed by atoms with Gasteiger partial charge in [0.15, 0.2) is 0 Å². The van der Waals surface area contributed by atoms with Gasteiger partial charge in [-0.1, -0.05) is 0 Å². The predicted octanol–water partition coefficient (Wildman–Crippen LogP) is 2.01. The first-order valence-electron chi connectivity index (χ1n) is 8.07. The fourth-order valence-corrected chi connectivity index (χ4v) is 3.14. The van der Waals surface area contributed by atoms with Crippen LogP contribution in [0.25, 0.3) is 10.8 Å². The minimum absolute atomic E-state index is 0.0530. The maximum atomic E-state index is 11.1. The number of benzene rings is 1. The van der Waals surface area contributed by atoms with Crippen LogP contribution in [0, 0.1) is 0 Å². The van der Waals surface area contributed by atoms with Crippen molar-refractivity contribution < 1.29 is 19.1 Å². The Balaban J connectivity index is 1.62. The van der Waals surface area contributed by atoms with E-state index in [1.54, 1.807) is 18.8 Å². The van der Waals surface area contributed by atoms with Gasteiger partial charge < -0.3 is 10.1 Å². The molecule has 0 atom stereocenters. The molecule has 0 radical (unpaired) electrons. The SMILES string of the molecule is CO[n+]1ccc2cc(OC3CCC(NC(C)=O)CC3)ccc2c1. The number of ether oxygens (including phenoxy) is 1. The second kappa shape index (κ2) is 6.86. The zero-order valence-electron chi connectivity index (χ0n) is 13.6. The molecule has 23 heavy (non-hydrogen) atoms. The molecule has 0 bridgehead atoms. The van der Waals surface area contributed by atoms with Crippen LogP contribution in [0.4, 0.5) is 0 Å². The van der Waals surface area contributed by atoms with Gasteiger partial charge >= 0.3 is 0 Å². The van der Waals surface area contributed by atoms with E-state index in [1.165, 1.54) is 0 Å². The van der Waals surface area contributed by atoms with Gasteiger partial charge in [-0.25, -0.2) is 0 Å². The average Bonchev–Trinajstić information content (AvgIpc) is 2.55. The first-order chi connectivity index (χ1) is 11.1. The summed E-state index contributed by atoms with van der Waals surface area (Å²) in [6.07, 6.45) is 7.95. The molecule has 1 N–H and O–H groups in total. The van der Waals surface area contributed by atoms with Gasteiger partial charge in [-0.2, -0.15) is 0 Å². The second-order valence-corrected chi connectivity index (χ2v) is 6.07. The Bertz CT molecular complexity index is 694. The van der Waals surface area contributed by atoms with E-state index in [2.05, 4.69) is 11.4 Å². The minimum Gasteiger partial charge on any atom is -0.490 e. The molecule has 122 valence electrons. The van der Waals surface area contributed by atoms with Gasteiger partial charge in [0.05, 0.1) is 11.5 Å². The van der Waals surface area contributed by atoms with Crippen LogP contribution in [0.3, 0.4) is 0 Å². The molecule has 1 heterocycles. The Morgan fingerprint density at radius 2 is 1.96 bits per heavy atom. The van der Waals surface area contributed by atoms with Crippen LogP contribution in [-0.2, 0) is 4.79 Å². The third kappa shape index (κ3) is 3.92. The molecule has 1 aliphatic rings. The number of fused-ring (bicyclic) bond motifs is 1. The number of carbonyl (C=O) groups is 1. The van der Waals surface area contributed by atoms with Crippen molar-refractivity contribution in [3.8, 4) is 5.75 Å². The maximum absolute atomic E-state index is 11.1. The van der Waals surface area contributed by atoms with Gasteiger partial charge in [0.2, 0.25) is 18.3 Å². The van der Waals surface area contributed by atoms with Gasteiger partial charge in [0.25, 0.3) is 0 Å². The van der Waals surface area contributed by atoms with Crippen molar-refractivity contribution in [1.29, 1.82) is 0 Å². The summed E-state index contributed by atoms with van der Waals surface area (Å²) in [6, 6.07) is 8.42. The number of hydrogen-bond donors (Lipinski definition) is 1. The highest BCUT2D eigenvalue weighted by molar-refractivity contribution is 5.82. The molecule has 3 rings (SSSR count). The van der Waals surface area contributed by atoms with E-state index in [1.807, 2.05) is 30.6 Å². The fourth-order valence-electron chi connectivity index (χ4n) is 3.14. The molecule has 0 saturated heterocycles. The summed E-state index contributed by atoms with van der Waals surface area (Å²) in [5, 5.41) is 5.23. The molecule has 1 fully saturated rings. The summed E-state index contributed by atoms with van der Waals surface area (Å²) in [4.78, 5) is 16.3. The average molecular weight is 315 g/mol. The van der Waals surface area contributed by atoms with E-state index in [-0.39, 0.29) is 12.0 Å². The Morgan fingerprint density at radius 3 is 2.65 bits per heavy atom. The number of hydrogen-bond acceptors (Lipinski definition) is 3. The van der Waals surface area contributed by atoms with E-state index in [4.69, 9.17) is 9.57 Å². The number of pyridine rings is 1. The fraction of sp³-hybridized carbons (Fsp3) is 0.444. The molecule has 1 aromatic carbocycles. The Kier molecular flexibility index (Phi) is 4.65. The van der Waals surface area contributed by atoms with Crippen LogP contribution in [-0.4, -0.2) is 25.2 Å². The van der Waals surface area contributed by atoms with Crippen molar-refractivity contribution in [2.45, 2.75) is 44.8 Å². The van der Waals surface area contributed by atoms with Crippen molar-refractivity contribution in [3.63, 3.8) is 0 Å². The third-order valence-electron chi connectivity index (χ3n) is 4.32. The van der Waals surface area contributed by atoms with Gasteiger partial charge in [-0.3, -0.25) is 9.63 Å². The minimum atomic E-state index is 0.0530. The third-order valence-corrected chi connectivity index (χ3v) is 4.32. The maximum Gasteiger partial charge on any atom is 0.230 e. The lowest BCUT2D eigenvalue weighted by molar-refractivity contribution is -0.884. The van der Waals surface area contributed by atoms with Crippen molar-refractivity contribution >= 4 is 16.7 Å². The first kappa shape index (κ1) is 15.6. The topological polar surface area (TPSA) is 51.4 Å². The van der Waals surface area contributed by atoms with E-state index >= 15 is 0 Å². The zero-order valence-corrected chi connectivity index (χ0v) is 13.6. The highest BCUT2D eigenvalue weighted by atomic mass is 16.6. The van der Waals surface area contributed by atoms with Crippen LogP contribution in [0.15, 0.2) is 36.7 Å². The summed E-state index contributed by atoms with van der Waals surface area (Å²) < 4.78 is 7.80. The van der Waals surface area contributed by atoms with Gasteiger partial charge in [0, 0.05) is 23.8 Å². The standard InChI is InChI=1S/C18H22N2O3/c1-13(21)19-16-4-7-17(8-5-16)23-18-6-3-15-12-20(22-2)10-9-14(15)11-18/h3,6,9-12,16-17H,4-5,7-8H2,1-2H3/p+1. The number of nitrogens with one attached hydrogen (secondary N) is 1. The molecule has 1 amide bonds. The number of rotatable bonds is 4. The Hall–Kier alpha value is -2.30. The van der Waals surface area contributed by atoms with E-state index < -0.39 is 0 Å². The lowest BCUT2D eigenvalue weighted by atomic mass is 9.93. The van der Waals surface area contributed by atoms with Crippen LogP contribution < -0.4 is 19.6 Å². The molecule has 0 aliphatic heterocycles. The largest absolute Gasteiger partial charge is 0.490 e. The monoisotopic (exact) mass is 315 g/mol. The normalized spacial score (nSPS) is 21.0. The quantitative estimate of drug-likeness (QED) is 0.878. The molecular formula is C18H23N2O3+. The van der Waals surface area contributed by atoms with E-state index in [0.29, 0.717) is 6.04 Å². The highest BCUT2D eigenvalue weighted by Crippen LogP contribution is 2.26. The summed E-state index contributed by atoms with van der Waals surface area (Å²) in [6.45, 7) is 1.57. The Labute approximate surface area is 136 Å². The molecule has 0 spiro atoms. The molecule has 5 nitrogen and oxygen atoms in total. The van der Waals surface area contributed by atoms with Crippen LogP contribution in [0.2, 0.25) is 0 Å². The first-order valence-corrected chi connectivity index (χ1v) is 8.07. The van der Waals surface area contributed by atoms with Crippen LogP contribution in [0.5, 0.6) is 5.75 Å². The molecule has 1 aliphatic carbocycles. The number of nitrogens with zero attached hydrogens (tertiary/aromatic N) is 1. The molecule has 5 heteroatoms. The molecule has 1 aromatic heterocycles. The molecule has 0 unspecified atom stereocenters. The molecular weight excluding hydrogens is 292 g/mol. The number of carbonyl (C=O) groups excluding carboxylic acids is 1. The van der Waals surface area contributed by atoms with E-state index in [0.717, 1.165) is 42.2 Å². The number of aromatic nitrogens is 1. The van der Waals surface area contributed by atoms with Crippen molar-refractivity contribution in [2.75, 3.05) is 7.11 Å². The van der Waals surface area contributed by atoms with Crippen LogP contribution >= 0.6 is 0 Å². The summed E-state index contributed by atoms with van der Waals surface area (Å²) in [7, 11) is 1.64. The van der Waals surface area contributed by atoms with Crippen molar-refractivity contribution in [3.05, 3.63) is 36.7 Å². The summed E-state index contributed by atoms with van der Waals surface area (Å²) in [5.74, 6) is 0.952. The smallest absolute Gasteiger partial charge is 0.230 e. The van der Waals surface area contributed by atoms with Crippen LogP contribution in [0.1, 0.15) is 32.6 Å². The number of amides is 1. The summed E-state index contributed by atoms with van der Waals surface area (Å²) >= 11 is 0.